The molecule has 0 bridgehead atoms. The number of anilines is 2. The Hall–Kier alpha value is -2.87. The summed E-state index contributed by atoms with van der Waals surface area (Å²) in [6.07, 6.45) is 3.68. The van der Waals surface area contributed by atoms with Crippen molar-refractivity contribution in [3.63, 3.8) is 0 Å². The van der Waals surface area contributed by atoms with Gasteiger partial charge in [-0.25, -0.2) is 13.4 Å². The van der Waals surface area contributed by atoms with E-state index in [9.17, 15) is 13.2 Å². The summed E-state index contributed by atoms with van der Waals surface area (Å²) in [5.41, 5.74) is 3.38. The number of benzene rings is 1. The number of carbonyl (C=O) groups excluding carboxylic acids is 1. The summed E-state index contributed by atoms with van der Waals surface area (Å²) in [7, 11) is -3.74. The molecule has 122 valence electrons. The van der Waals surface area contributed by atoms with Crippen LogP contribution in [0.2, 0.25) is 0 Å². The molecule has 0 radical (unpaired) electrons. The number of amides is 1. The van der Waals surface area contributed by atoms with Crippen molar-refractivity contribution in [1.29, 1.82) is 0 Å². The van der Waals surface area contributed by atoms with Gasteiger partial charge >= 0.3 is 0 Å². The number of hydrogen-bond acceptors (Lipinski definition) is 4. The molecule has 1 amide bonds. The van der Waals surface area contributed by atoms with Gasteiger partial charge in [-0.1, -0.05) is 0 Å². The maximum atomic E-state index is 12.6. The van der Waals surface area contributed by atoms with E-state index in [1.807, 2.05) is 13.1 Å². The van der Waals surface area contributed by atoms with Crippen molar-refractivity contribution in [2.45, 2.75) is 18.2 Å². The van der Waals surface area contributed by atoms with E-state index in [0.717, 1.165) is 11.3 Å². The number of nitrogens with zero attached hydrogens (tertiary/aromatic N) is 2. The van der Waals surface area contributed by atoms with Gasteiger partial charge in [0.25, 0.3) is 10.0 Å². The molecule has 0 atom stereocenters. The number of sulfonamides is 1. The number of hydrogen-bond donors (Lipinski definition) is 2. The molecule has 7 nitrogen and oxygen atoms in total. The highest BCUT2D eigenvalue weighted by Crippen LogP contribution is 2.26. The standard InChI is InChI=1S/C16H14N4O3S/c1-10-8-20-9-12(2-5-15(20)17-10)19-24(22,23)13-3-4-14-11(6-13)7-16(21)18-14/h2-6,8-9,19H,7H2,1H3,(H,18,21). The summed E-state index contributed by atoms with van der Waals surface area (Å²) in [4.78, 5) is 15.8. The van der Waals surface area contributed by atoms with Crippen LogP contribution in [0, 0.1) is 6.92 Å². The molecule has 0 fully saturated rings. The molecule has 2 aromatic heterocycles. The van der Waals surface area contributed by atoms with Crippen molar-refractivity contribution >= 4 is 33.0 Å². The third-order valence-corrected chi connectivity index (χ3v) is 5.21. The smallest absolute Gasteiger partial charge is 0.261 e. The van der Waals surface area contributed by atoms with Gasteiger partial charge < -0.3 is 9.72 Å². The molecule has 0 saturated heterocycles. The second-order valence-corrected chi connectivity index (χ2v) is 7.40. The predicted octanol–water partition coefficient (Wildman–Crippen LogP) is 1.94. The van der Waals surface area contributed by atoms with Crippen molar-refractivity contribution in [1.82, 2.24) is 9.38 Å². The van der Waals surface area contributed by atoms with Crippen LogP contribution in [0.3, 0.4) is 0 Å². The molecule has 0 aliphatic carbocycles. The summed E-state index contributed by atoms with van der Waals surface area (Å²) < 4.78 is 29.5. The Balaban J connectivity index is 1.67. The van der Waals surface area contributed by atoms with Crippen LogP contribution in [0.25, 0.3) is 5.65 Å². The third-order valence-electron chi connectivity index (χ3n) is 3.84. The van der Waals surface area contributed by atoms with Gasteiger partial charge in [0.2, 0.25) is 5.91 Å². The van der Waals surface area contributed by atoms with Gasteiger partial charge in [-0.15, -0.1) is 0 Å². The van der Waals surface area contributed by atoms with Crippen LogP contribution < -0.4 is 10.0 Å². The number of carbonyl (C=O) groups is 1. The lowest BCUT2D eigenvalue weighted by atomic mass is 10.2. The first-order chi connectivity index (χ1) is 11.4. The topological polar surface area (TPSA) is 92.6 Å². The lowest BCUT2D eigenvalue weighted by Gasteiger charge is -2.09. The molecule has 4 rings (SSSR count). The minimum Gasteiger partial charge on any atom is -0.326 e. The molecule has 3 aromatic rings. The second kappa shape index (κ2) is 5.07. The molecule has 2 N–H and O–H groups in total. The van der Waals surface area contributed by atoms with Crippen molar-refractivity contribution in [2.75, 3.05) is 10.0 Å². The van der Waals surface area contributed by atoms with E-state index in [0.29, 0.717) is 16.9 Å². The molecular weight excluding hydrogens is 328 g/mol. The first-order valence-electron chi connectivity index (χ1n) is 7.32. The fourth-order valence-corrected chi connectivity index (χ4v) is 3.86. The maximum absolute atomic E-state index is 12.6. The van der Waals surface area contributed by atoms with Crippen LogP contribution in [-0.4, -0.2) is 23.7 Å². The summed E-state index contributed by atoms with van der Waals surface area (Å²) >= 11 is 0. The minimum atomic E-state index is -3.74. The van der Waals surface area contributed by atoms with E-state index in [2.05, 4.69) is 15.0 Å². The number of imidazole rings is 1. The first-order valence-corrected chi connectivity index (χ1v) is 8.80. The van der Waals surface area contributed by atoms with Crippen molar-refractivity contribution in [3.8, 4) is 0 Å². The molecule has 0 unspecified atom stereocenters. The summed E-state index contributed by atoms with van der Waals surface area (Å²) in [6, 6.07) is 8.02. The van der Waals surface area contributed by atoms with Crippen LogP contribution in [0.5, 0.6) is 0 Å². The van der Waals surface area contributed by atoms with E-state index in [1.54, 1.807) is 28.8 Å². The first kappa shape index (κ1) is 14.7. The molecule has 8 heteroatoms. The van der Waals surface area contributed by atoms with Gasteiger partial charge in [0, 0.05) is 18.1 Å². The predicted molar refractivity (Wildman–Crippen MR) is 89.5 cm³/mol. The molecule has 3 heterocycles. The molecule has 1 aliphatic rings. The fraction of sp³-hybridized carbons (Fsp3) is 0.125. The van der Waals surface area contributed by atoms with Crippen LogP contribution in [0.4, 0.5) is 11.4 Å². The average Bonchev–Trinajstić information content (AvgIpc) is 3.05. The highest BCUT2D eigenvalue weighted by Gasteiger charge is 2.22. The maximum Gasteiger partial charge on any atom is 0.261 e. The van der Waals surface area contributed by atoms with Gasteiger partial charge in [-0.3, -0.25) is 9.52 Å². The van der Waals surface area contributed by atoms with Crippen molar-refractivity contribution in [3.05, 3.63) is 54.0 Å². The van der Waals surface area contributed by atoms with E-state index in [-0.39, 0.29) is 17.2 Å². The van der Waals surface area contributed by atoms with Gasteiger partial charge in [0.05, 0.1) is 22.7 Å². The van der Waals surface area contributed by atoms with E-state index in [4.69, 9.17) is 0 Å². The number of fused-ring (bicyclic) bond motifs is 2. The highest BCUT2D eigenvalue weighted by molar-refractivity contribution is 7.92. The Morgan fingerprint density at radius 1 is 1.21 bits per heavy atom. The average molecular weight is 342 g/mol. The van der Waals surface area contributed by atoms with Gasteiger partial charge in [-0.2, -0.15) is 0 Å². The number of pyridine rings is 1. The Kier molecular flexibility index (Phi) is 3.10. The normalized spacial score (nSPS) is 13.8. The fourth-order valence-electron chi connectivity index (χ4n) is 2.77. The Labute approximate surface area is 138 Å². The SMILES string of the molecule is Cc1cn2cc(NS(=O)(=O)c3ccc4c(c3)CC(=O)N4)ccc2n1. The largest absolute Gasteiger partial charge is 0.326 e. The number of aromatic nitrogens is 2. The molecular formula is C16H14N4O3S. The summed E-state index contributed by atoms with van der Waals surface area (Å²) in [5, 5.41) is 2.68. The van der Waals surface area contributed by atoms with Crippen LogP contribution in [0.1, 0.15) is 11.3 Å². The molecule has 0 spiro atoms. The zero-order chi connectivity index (χ0) is 16.9. The highest BCUT2D eigenvalue weighted by atomic mass is 32.2. The second-order valence-electron chi connectivity index (χ2n) is 5.71. The van der Waals surface area contributed by atoms with E-state index in [1.165, 1.54) is 12.1 Å². The minimum absolute atomic E-state index is 0.125. The third kappa shape index (κ3) is 2.50. The lowest BCUT2D eigenvalue weighted by Crippen LogP contribution is -2.13. The Morgan fingerprint density at radius 2 is 2.04 bits per heavy atom. The summed E-state index contributed by atoms with van der Waals surface area (Å²) in [5.74, 6) is -0.131. The Bertz CT molecular complexity index is 1090. The zero-order valence-corrected chi connectivity index (χ0v) is 13.6. The van der Waals surface area contributed by atoms with Gasteiger partial charge in [0.1, 0.15) is 5.65 Å². The molecule has 0 saturated carbocycles. The van der Waals surface area contributed by atoms with E-state index >= 15 is 0 Å². The number of rotatable bonds is 3. The Morgan fingerprint density at radius 3 is 2.88 bits per heavy atom. The van der Waals surface area contributed by atoms with Gasteiger partial charge in [-0.05, 0) is 42.8 Å². The van der Waals surface area contributed by atoms with Crippen molar-refractivity contribution < 1.29 is 13.2 Å². The van der Waals surface area contributed by atoms with Crippen LogP contribution in [-0.2, 0) is 21.2 Å². The zero-order valence-electron chi connectivity index (χ0n) is 12.8. The van der Waals surface area contributed by atoms with Crippen molar-refractivity contribution in [2.24, 2.45) is 0 Å². The number of nitrogens with one attached hydrogen (secondary N) is 2. The quantitative estimate of drug-likeness (QED) is 0.761. The summed E-state index contributed by atoms with van der Waals surface area (Å²) in [6.45, 7) is 1.87. The molecule has 24 heavy (non-hydrogen) atoms. The van der Waals surface area contributed by atoms with Crippen LogP contribution in [0.15, 0.2) is 47.6 Å². The molecule has 1 aromatic carbocycles. The lowest BCUT2D eigenvalue weighted by molar-refractivity contribution is -0.115. The van der Waals surface area contributed by atoms with Gasteiger partial charge in [0.15, 0.2) is 0 Å². The monoisotopic (exact) mass is 342 g/mol. The van der Waals surface area contributed by atoms with E-state index < -0.39 is 10.0 Å². The molecule has 1 aliphatic heterocycles. The number of aryl methyl sites for hydroxylation is 1. The van der Waals surface area contributed by atoms with Crippen LogP contribution >= 0.6 is 0 Å².